The Balaban J connectivity index is 1.65. The number of Topliss-reactive ketones (excluding diaryl/α,β-unsaturated/α-hetero) is 1. The van der Waals surface area contributed by atoms with Crippen LogP contribution in [0.5, 0.6) is 11.5 Å². The number of ketones is 1. The summed E-state index contributed by atoms with van der Waals surface area (Å²) in [6.07, 6.45) is -5.57. The molecule has 0 bridgehead atoms. The van der Waals surface area contributed by atoms with E-state index in [2.05, 4.69) is 0 Å². The zero-order valence-corrected chi connectivity index (χ0v) is 15.7. The minimum Gasteiger partial charge on any atom is -0.493 e. The maximum Gasteiger partial charge on any atom is 0.166 e. The van der Waals surface area contributed by atoms with Crippen molar-refractivity contribution in [2.75, 3.05) is 27.3 Å². The highest BCUT2D eigenvalue weighted by atomic mass is 16.5. The van der Waals surface area contributed by atoms with Crippen molar-refractivity contribution in [2.45, 2.75) is 32.1 Å². The molecule has 1 aliphatic carbocycles. The van der Waals surface area contributed by atoms with Crippen LogP contribution in [-0.2, 0) is 12.9 Å². The number of nitrogens with zero attached hydrogens (tertiary/aromatic N) is 1. The summed E-state index contributed by atoms with van der Waals surface area (Å²) >= 11 is 0. The number of benzene rings is 2. The van der Waals surface area contributed by atoms with Gasteiger partial charge in [0.1, 0.15) is 0 Å². The van der Waals surface area contributed by atoms with Gasteiger partial charge in [-0.2, -0.15) is 0 Å². The van der Waals surface area contributed by atoms with Gasteiger partial charge in [-0.05, 0) is 67.9 Å². The van der Waals surface area contributed by atoms with E-state index < -0.39 is 72.6 Å². The molecule has 2 aromatic carbocycles. The van der Waals surface area contributed by atoms with Crippen molar-refractivity contribution in [1.82, 2.24) is 4.90 Å². The molecule has 1 atom stereocenters. The van der Waals surface area contributed by atoms with Gasteiger partial charge in [-0.1, -0.05) is 30.2 Å². The minimum absolute atomic E-state index is 0.0713. The number of carbonyl (C=O) groups is 1. The summed E-state index contributed by atoms with van der Waals surface area (Å²) in [6, 6.07) is -0.838. The second kappa shape index (κ2) is 8.36. The molecule has 1 saturated heterocycles. The predicted molar refractivity (Wildman–Crippen MR) is 110 cm³/mol. The second-order valence-electron chi connectivity index (χ2n) is 6.60. The Morgan fingerprint density at radius 1 is 1.18 bits per heavy atom. The van der Waals surface area contributed by atoms with E-state index in [1.165, 1.54) is 31.3 Å². The van der Waals surface area contributed by atoms with Crippen molar-refractivity contribution >= 4 is 5.78 Å². The standard InChI is InChI=1S/C24H29NO3/c1-27-22-14-19-13-20(24(26)21(19)15-23(22)28-2)12-17-8-10-25(11-9-17)16-18-6-4-3-5-7-18/h3-7,14-15,17,20H,8-13,16H2,1-2H3/i3D,4D,5D,6D,7D,12D2,13D2,16D2,20D. The van der Waals surface area contributed by atoms with Crippen molar-refractivity contribution in [3.8, 4) is 11.5 Å². The van der Waals surface area contributed by atoms with Gasteiger partial charge in [-0.3, -0.25) is 9.69 Å². The molecule has 1 fully saturated rings. The van der Waals surface area contributed by atoms with Gasteiger partial charge < -0.3 is 9.47 Å². The molecule has 0 radical (unpaired) electrons. The fraction of sp³-hybridized carbons (Fsp3) is 0.458. The number of ether oxygens (including phenoxy) is 2. The molecule has 1 unspecified atom stereocenters. The first-order valence-electron chi connectivity index (χ1n) is 15.0. The van der Waals surface area contributed by atoms with Crippen LogP contribution < -0.4 is 9.47 Å². The number of likely N-dealkylation sites (tertiary alicyclic amines) is 1. The summed E-state index contributed by atoms with van der Waals surface area (Å²) < 4.78 is 112. The van der Waals surface area contributed by atoms with Crippen LogP contribution in [0.25, 0.3) is 0 Å². The van der Waals surface area contributed by atoms with E-state index in [1.807, 2.05) is 0 Å². The maximum atomic E-state index is 13.5. The zero-order chi connectivity index (χ0) is 30.2. The van der Waals surface area contributed by atoms with E-state index >= 15 is 0 Å². The van der Waals surface area contributed by atoms with Gasteiger partial charge in [0, 0.05) is 27.5 Å². The maximum absolute atomic E-state index is 13.5. The Kier molecular flexibility index (Phi) is 2.82. The smallest absolute Gasteiger partial charge is 0.166 e. The van der Waals surface area contributed by atoms with Crippen molar-refractivity contribution in [3.63, 3.8) is 0 Å². The van der Waals surface area contributed by atoms with Gasteiger partial charge in [-0.25, -0.2) is 0 Å². The van der Waals surface area contributed by atoms with Crippen molar-refractivity contribution in [3.05, 3.63) is 59.0 Å². The third-order valence-corrected chi connectivity index (χ3v) is 4.87. The molecule has 0 aromatic heterocycles. The van der Waals surface area contributed by atoms with Gasteiger partial charge in [0.05, 0.1) is 21.1 Å². The molecule has 1 heterocycles. The van der Waals surface area contributed by atoms with Gasteiger partial charge in [0.25, 0.3) is 0 Å². The number of rotatable bonds is 6. The molecule has 4 heteroatoms. The Morgan fingerprint density at radius 2 is 1.86 bits per heavy atom. The monoisotopic (exact) mass is 391 g/mol. The zero-order valence-electron chi connectivity index (χ0n) is 27.7. The normalized spacial score (nSPS) is 31.9. The summed E-state index contributed by atoms with van der Waals surface area (Å²) in [6.45, 7) is -2.74. The van der Waals surface area contributed by atoms with E-state index in [9.17, 15) is 4.79 Å². The number of hydrogen-bond acceptors (Lipinski definition) is 4. The molecular formula is C24H29NO3. The van der Waals surface area contributed by atoms with Crippen LogP contribution >= 0.6 is 0 Å². The van der Waals surface area contributed by atoms with Crippen LogP contribution in [0.2, 0.25) is 0 Å². The molecule has 0 saturated carbocycles. The first-order valence-corrected chi connectivity index (χ1v) is 9.04. The summed E-state index contributed by atoms with van der Waals surface area (Å²) in [5, 5.41) is 0. The summed E-state index contributed by atoms with van der Waals surface area (Å²) in [5.41, 5.74) is -0.877. The van der Waals surface area contributed by atoms with Crippen LogP contribution in [0, 0.1) is 11.8 Å². The van der Waals surface area contributed by atoms with Crippen molar-refractivity contribution < 1.29 is 30.7 Å². The number of fused-ring (bicyclic) bond motifs is 1. The van der Waals surface area contributed by atoms with Crippen LogP contribution in [0.3, 0.4) is 0 Å². The molecule has 4 nitrogen and oxygen atoms in total. The van der Waals surface area contributed by atoms with Gasteiger partial charge in [0.15, 0.2) is 17.3 Å². The van der Waals surface area contributed by atoms with Crippen LogP contribution in [0.1, 0.15) is 57.1 Å². The summed E-state index contributed by atoms with van der Waals surface area (Å²) in [4.78, 5) is 14.8. The molecule has 2 aromatic rings. The van der Waals surface area contributed by atoms with E-state index in [0.717, 1.165) is 0 Å². The number of hydrogen-bond donors (Lipinski definition) is 0. The fourth-order valence-corrected chi connectivity index (χ4v) is 3.40. The largest absolute Gasteiger partial charge is 0.493 e. The van der Waals surface area contributed by atoms with Crippen LogP contribution in [0.4, 0.5) is 0 Å². The molecule has 1 aliphatic heterocycles. The number of methoxy groups -OCH3 is 2. The average Bonchev–Trinajstić information content (AvgIpc) is 3.07. The van der Waals surface area contributed by atoms with E-state index in [1.54, 1.807) is 0 Å². The molecule has 0 amide bonds. The van der Waals surface area contributed by atoms with Crippen molar-refractivity contribution in [2.24, 2.45) is 11.8 Å². The molecule has 0 spiro atoms. The minimum atomic E-state index is -2.86. The van der Waals surface area contributed by atoms with E-state index in [0.29, 0.717) is 0 Å². The lowest BCUT2D eigenvalue weighted by atomic mass is 9.85. The van der Waals surface area contributed by atoms with E-state index in [4.69, 9.17) is 25.9 Å². The molecule has 4 rings (SSSR count). The fourth-order valence-electron chi connectivity index (χ4n) is 3.40. The Morgan fingerprint density at radius 3 is 2.54 bits per heavy atom. The van der Waals surface area contributed by atoms with Crippen molar-refractivity contribution in [1.29, 1.82) is 0 Å². The van der Waals surface area contributed by atoms with E-state index in [-0.39, 0.29) is 48.6 Å². The molecular weight excluding hydrogens is 350 g/mol. The number of piperidine rings is 1. The lowest BCUT2D eigenvalue weighted by molar-refractivity contribution is 0.0895. The molecule has 148 valence electrons. The van der Waals surface area contributed by atoms with Gasteiger partial charge in [-0.15, -0.1) is 0 Å². The highest BCUT2D eigenvalue weighted by Gasteiger charge is 2.34. The summed E-state index contributed by atoms with van der Waals surface area (Å²) in [5.74, 6) is -4.65. The van der Waals surface area contributed by atoms with Crippen LogP contribution in [-0.4, -0.2) is 38.0 Å². The Hall–Kier alpha value is -2.33. The molecule has 2 aliphatic rings. The molecule has 28 heavy (non-hydrogen) atoms. The third-order valence-electron chi connectivity index (χ3n) is 4.87. The topological polar surface area (TPSA) is 38.8 Å². The van der Waals surface area contributed by atoms with Crippen LogP contribution in [0.15, 0.2) is 42.3 Å². The SMILES string of the molecule is [2H]c1c([2H])c([2H])c(C([2H])([2H])N2CCC(C([2H])([2H])C3([2H])C(=O)c4cc(OC)c(OC)cc4C3([2H])[2H])CC2)c([2H])c1[2H]. The first-order chi connectivity index (χ1) is 18.4. The molecule has 0 N–H and O–H groups in total. The highest BCUT2D eigenvalue weighted by molar-refractivity contribution is 6.02. The Labute approximate surface area is 184 Å². The van der Waals surface area contributed by atoms with Gasteiger partial charge in [0.2, 0.25) is 0 Å². The lowest BCUT2D eigenvalue weighted by Gasteiger charge is -2.32. The average molecular weight is 392 g/mol. The number of carbonyl (C=O) groups excluding carboxylic acids is 1. The van der Waals surface area contributed by atoms with Gasteiger partial charge >= 0.3 is 0 Å². The third kappa shape index (κ3) is 3.93. The lowest BCUT2D eigenvalue weighted by Crippen LogP contribution is -2.34. The second-order valence-corrected chi connectivity index (χ2v) is 6.60. The highest BCUT2D eigenvalue weighted by Crippen LogP contribution is 2.39. The Bertz CT molecular complexity index is 1340. The summed E-state index contributed by atoms with van der Waals surface area (Å²) in [7, 11) is 2.67. The predicted octanol–water partition coefficient (Wildman–Crippen LogP) is 4.36. The first kappa shape index (κ1) is 9.45. The quantitative estimate of drug-likeness (QED) is 0.733.